The number of nitrogens with one attached hydrogen (secondary N) is 2. The SMILES string of the molecule is CCN(CC)Cc1cnc2c(C(=O)N[C@H]3CCNC3=O)cnn2c1. The quantitative estimate of drug-likeness (QED) is 0.789. The molecule has 2 N–H and O–H groups in total. The van der Waals surface area contributed by atoms with Crippen LogP contribution in [0.2, 0.25) is 0 Å². The summed E-state index contributed by atoms with van der Waals surface area (Å²) in [7, 11) is 0. The summed E-state index contributed by atoms with van der Waals surface area (Å²) >= 11 is 0. The zero-order chi connectivity index (χ0) is 17.1. The van der Waals surface area contributed by atoms with Crippen molar-refractivity contribution in [2.45, 2.75) is 32.9 Å². The number of nitrogens with zero attached hydrogens (tertiary/aromatic N) is 4. The summed E-state index contributed by atoms with van der Waals surface area (Å²) in [5.74, 6) is -0.467. The van der Waals surface area contributed by atoms with Crippen molar-refractivity contribution >= 4 is 17.5 Å². The fourth-order valence-electron chi connectivity index (χ4n) is 2.83. The highest BCUT2D eigenvalue weighted by Crippen LogP contribution is 2.11. The van der Waals surface area contributed by atoms with E-state index in [0.29, 0.717) is 24.2 Å². The van der Waals surface area contributed by atoms with Crippen LogP contribution in [0.5, 0.6) is 0 Å². The molecule has 1 fully saturated rings. The van der Waals surface area contributed by atoms with Crippen molar-refractivity contribution in [3.05, 3.63) is 29.7 Å². The van der Waals surface area contributed by atoms with Gasteiger partial charge < -0.3 is 10.6 Å². The minimum Gasteiger partial charge on any atom is -0.354 e. The molecular weight excluding hydrogens is 308 g/mol. The minimum atomic E-state index is -0.477. The van der Waals surface area contributed by atoms with Crippen molar-refractivity contribution in [3.63, 3.8) is 0 Å². The third-order valence-electron chi connectivity index (χ3n) is 4.31. The lowest BCUT2D eigenvalue weighted by atomic mass is 10.2. The van der Waals surface area contributed by atoms with Crippen molar-refractivity contribution < 1.29 is 9.59 Å². The summed E-state index contributed by atoms with van der Waals surface area (Å²) < 4.78 is 1.61. The summed E-state index contributed by atoms with van der Waals surface area (Å²) in [6.45, 7) is 7.54. The molecule has 0 aliphatic carbocycles. The van der Waals surface area contributed by atoms with E-state index in [9.17, 15) is 9.59 Å². The van der Waals surface area contributed by atoms with Gasteiger partial charge in [-0.15, -0.1) is 0 Å². The first kappa shape index (κ1) is 16.4. The molecule has 8 nitrogen and oxygen atoms in total. The van der Waals surface area contributed by atoms with Crippen molar-refractivity contribution in [2.75, 3.05) is 19.6 Å². The first-order valence-electron chi connectivity index (χ1n) is 8.25. The van der Waals surface area contributed by atoms with Gasteiger partial charge in [-0.3, -0.25) is 14.5 Å². The number of rotatable bonds is 6. The zero-order valence-electron chi connectivity index (χ0n) is 14.0. The number of aromatic nitrogens is 3. The second-order valence-electron chi connectivity index (χ2n) is 5.86. The van der Waals surface area contributed by atoms with Gasteiger partial charge in [0.15, 0.2) is 5.65 Å². The zero-order valence-corrected chi connectivity index (χ0v) is 14.0. The molecule has 0 unspecified atom stereocenters. The topological polar surface area (TPSA) is 91.6 Å². The van der Waals surface area contributed by atoms with Crippen LogP contribution in [0.4, 0.5) is 0 Å². The van der Waals surface area contributed by atoms with Crippen LogP contribution in [0.1, 0.15) is 36.2 Å². The van der Waals surface area contributed by atoms with Crippen LogP contribution in [-0.4, -0.2) is 57.0 Å². The normalized spacial score (nSPS) is 17.5. The monoisotopic (exact) mass is 330 g/mol. The fourth-order valence-corrected chi connectivity index (χ4v) is 2.83. The third kappa shape index (κ3) is 3.23. The molecule has 1 atom stereocenters. The maximum absolute atomic E-state index is 12.4. The first-order chi connectivity index (χ1) is 11.6. The predicted octanol–water partition coefficient (Wildman–Crippen LogP) is 0.189. The van der Waals surface area contributed by atoms with Gasteiger partial charge in [0.2, 0.25) is 5.91 Å². The molecule has 0 spiro atoms. The van der Waals surface area contributed by atoms with Gasteiger partial charge in [-0.1, -0.05) is 13.8 Å². The third-order valence-corrected chi connectivity index (χ3v) is 4.31. The van der Waals surface area contributed by atoms with Crippen LogP contribution in [0.25, 0.3) is 5.65 Å². The Labute approximate surface area is 140 Å². The van der Waals surface area contributed by atoms with E-state index in [0.717, 1.165) is 25.2 Å². The lowest BCUT2D eigenvalue weighted by molar-refractivity contribution is -0.120. The summed E-state index contributed by atoms with van der Waals surface area (Å²) in [5.41, 5.74) is 1.91. The molecule has 3 heterocycles. The second kappa shape index (κ2) is 6.96. The smallest absolute Gasteiger partial charge is 0.257 e. The molecule has 128 valence electrons. The van der Waals surface area contributed by atoms with Gasteiger partial charge >= 0.3 is 0 Å². The molecule has 1 saturated heterocycles. The predicted molar refractivity (Wildman–Crippen MR) is 88.5 cm³/mol. The van der Waals surface area contributed by atoms with Crippen LogP contribution >= 0.6 is 0 Å². The second-order valence-corrected chi connectivity index (χ2v) is 5.86. The average Bonchev–Trinajstić information content (AvgIpc) is 3.18. The fraction of sp³-hybridized carbons (Fsp3) is 0.500. The van der Waals surface area contributed by atoms with Crippen molar-refractivity contribution in [3.8, 4) is 0 Å². The Hall–Kier alpha value is -2.48. The summed E-state index contributed by atoms with van der Waals surface area (Å²) in [4.78, 5) is 30.6. The molecule has 0 aromatic carbocycles. The highest BCUT2D eigenvalue weighted by atomic mass is 16.2. The molecule has 2 aromatic rings. The van der Waals surface area contributed by atoms with Gasteiger partial charge in [0, 0.05) is 31.0 Å². The minimum absolute atomic E-state index is 0.144. The largest absolute Gasteiger partial charge is 0.354 e. The molecule has 0 radical (unpaired) electrons. The van der Waals surface area contributed by atoms with Crippen LogP contribution in [0.15, 0.2) is 18.6 Å². The maximum Gasteiger partial charge on any atom is 0.257 e. The van der Waals surface area contributed by atoms with E-state index in [1.54, 1.807) is 10.7 Å². The summed E-state index contributed by atoms with van der Waals surface area (Å²) in [6, 6.07) is -0.477. The van der Waals surface area contributed by atoms with E-state index in [4.69, 9.17) is 0 Å². The number of fused-ring (bicyclic) bond motifs is 1. The highest BCUT2D eigenvalue weighted by Gasteiger charge is 2.27. The van der Waals surface area contributed by atoms with E-state index < -0.39 is 6.04 Å². The molecule has 0 bridgehead atoms. The number of hydrogen-bond donors (Lipinski definition) is 2. The molecule has 24 heavy (non-hydrogen) atoms. The molecule has 8 heteroatoms. The maximum atomic E-state index is 12.4. The first-order valence-corrected chi connectivity index (χ1v) is 8.25. The van der Waals surface area contributed by atoms with Gasteiger partial charge in [-0.25, -0.2) is 9.50 Å². The van der Waals surface area contributed by atoms with Crippen LogP contribution in [0, 0.1) is 0 Å². The van der Waals surface area contributed by atoms with Crippen molar-refractivity contribution in [1.82, 2.24) is 30.1 Å². The number of carbonyl (C=O) groups excluding carboxylic acids is 2. The Morgan fingerprint density at radius 2 is 2.21 bits per heavy atom. The van der Waals surface area contributed by atoms with E-state index in [-0.39, 0.29) is 11.8 Å². The van der Waals surface area contributed by atoms with E-state index in [1.807, 2.05) is 6.20 Å². The van der Waals surface area contributed by atoms with Gasteiger partial charge in [0.05, 0.1) is 6.20 Å². The lowest BCUT2D eigenvalue weighted by Gasteiger charge is -2.17. The molecule has 0 saturated carbocycles. The van der Waals surface area contributed by atoms with Crippen LogP contribution < -0.4 is 10.6 Å². The van der Waals surface area contributed by atoms with Crippen molar-refractivity contribution in [1.29, 1.82) is 0 Å². The van der Waals surface area contributed by atoms with Gasteiger partial charge in [0.1, 0.15) is 11.6 Å². The Morgan fingerprint density at radius 1 is 1.42 bits per heavy atom. The van der Waals surface area contributed by atoms with E-state index >= 15 is 0 Å². The number of carbonyl (C=O) groups is 2. The summed E-state index contributed by atoms with van der Waals surface area (Å²) in [5, 5.41) is 9.66. The average molecular weight is 330 g/mol. The Bertz CT molecular complexity index is 752. The highest BCUT2D eigenvalue weighted by molar-refractivity contribution is 6.02. The Kier molecular flexibility index (Phi) is 4.75. The standard InChI is InChI=1S/C16H22N6O2/c1-3-21(4-2)9-11-7-18-14-12(8-19-22(14)10-11)15(23)20-13-5-6-17-16(13)24/h7-8,10,13H,3-6,9H2,1-2H3,(H,17,24)(H,20,23)/t13-/m0/s1. The van der Waals surface area contributed by atoms with Gasteiger partial charge in [-0.05, 0) is 19.5 Å². The Morgan fingerprint density at radius 3 is 2.88 bits per heavy atom. The molecule has 1 aliphatic heterocycles. The van der Waals surface area contributed by atoms with Gasteiger partial charge in [0.25, 0.3) is 5.91 Å². The molecule has 2 aromatic heterocycles. The van der Waals surface area contributed by atoms with E-state index in [2.05, 4.69) is 39.5 Å². The number of hydrogen-bond acceptors (Lipinski definition) is 5. The van der Waals surface area contributed by atoms with Crippen LogP contribution in [0.3, 0.4) is 0 Å². The molecule has 2 amide bonds. The lowest BCUT2D eigenvalue weighted by Crippen LogP contribution is -2.40. The summed E-state index contributed by atoms with van der Waals surface area (Å²) in [6.07, 6.45) is 5.76. The van der Waals surface area contributed by atoms with Crippen molar-refractivity contribution in [2.24, 2.45) is 0 Å². The van der Waals surface area contributed by atoms with Gasteiger partial charge in [-0.2, -0.15) is 5.10 Å². The van der Waals surface area contributed by atoms with E-state index in [1.165, 1.54) is 6.20 Å². The molecule has 1 aliphatic rings. The number of amides is 2. The Balaban J connectivity index is 1.77. The molecule has 3 rings (SSSR count). The van der Waals surface area contributed by atoms with Crippen LogP contribution in [-0.2, 0) is 11.3 Å². The molecular formula is C16H22N6O2.